The van der Waals surface area contributed by atoms with Crippen LogP contribution < -0.4 is 11.3 Å². The lowest BCUT2D eigenvalue weighted by molar-refractivity contribution is -0.115. The molecule has 1 aliphatic carbocycles. The Morgan fingerprint density at radius 1 is 1.41 bits per heavy atom. The molecule has 0 radical (unpaired) electrons. The summed E-state index contributed by atoms with van der Waals surface area (Å²) in [5.41, 5.74) is 8.24. The molecule has 5 nitrogen and oxygen atoms in total. The summed E-state index contributed by atoms with van der Waals surface area (Å²) in [5.74, 6) is 0.296. The normalized spacial score (nSPS) is 16.4. The average Bonchev–Trinajstić information content (AvgIpc) is 2.98. The molecule has 1 unspecified atom stereocenters. The molecular formula is C20H21N3O2S2. The highest BCUT2D eigenvalue weighted by Crippen LogP contribution is 2.37. The number of amides is 1. The number of primary amides is 1. The van der Waals surface area contributed by atoms with Crippen molar-refractivity contribution in [3.8, 4) is 5.69 Å². The predicted octanol–water partition coefficient (Wildman–Crippen LogP) is 3.46. The molecule has 140 valence electrons. The number of rotatable bonds is 4. The second kappa shape index (κ2) is 7.13. The average molecular weight is 400 g/mol. The fourth-order valence-electron chi connectivity index (χ4n) is 3.63. The van der Waals surface area contributed by atoms with Crippen molar-refractivity contribution in [3.05, 3.63) is 50.6 Å². The van der Waals surface area contributed by atoms with E-state index in [1.54, 1.807) is 15.9 Å². The van der Waals surface area contributed by atoms with Crippen molar-refractivity contribution in [1.29, 1.82) is 0 Å². The van der Waals surface area contributed by atoms with Gasteiger partial charge >= 0.3 is 0 Å². The summed E-state index contributed by atoms with van der Waals surface area (Å²) >= 11 is 2.84. The van der Waals surface area contributed by atoms with Gasteiger partial charge < -0.3 is 5.73 Å². The SMILES string of the molecule is Cc1ccccc1-n1c(SCC(N)=O)nc2sc3c(c2c1=O)CCC(C)C3. The zero-order valence-corrected chi connectivity index (χ0v) is 17.0. The van der Waals surface area contributed by atoms with Crippen LogP contribution in [0, 0.1) is 12.8 Å². The Morgan fingerprint density at radius 2 is 2.19 bits per heavy atom. The Kier molecular flexibility index (Phi) is 4.82. The predicted molar refractivity (Wildman–Crippen MR) is 111 cm³/mol. The molecule has 1 amide bonds. The molecule has 0 saturated heterocycles. The molecule has 0 aliphatic heterocycles. The van der Waals surface area contributed by atoms with Crippen molar-refractivity contribution in [2.24, 2.45) is 11.7 Å². The fourth-order valence-corrected chi connectivity index (χ4v) is 5.80. The van der Waals surface area contributed by atoms with E-state index in [1.165, 1.54) is 22.2 Å². The molecule has 1 aromatic carbocycles. The zero-order chi connectivity index (χ0) is 19.1. The lowest BCUT2D eigenvalue weighted by Crippen LogP contribution is -2.24. The number of aromatic nitrogens is 2. The number of fused-ring (bicyclic) bond motifs is 3. The Balaban J connectivity index is 1.99. The number of thiophene rings is 1. The van der Waals surface area contributed by atoms with Crippen molar-refractivity contribution in [1.82, 2.24) is 9.55 Å². The van der Waals surface area contributed by atoms with E-state index in [0.717, 1.165) is 40.7 Å². The van der Waals surface area contributed by atoms with E-state index in [-0.39, 0.29) is 11.3 Å². The first kappa shape index (κ1) is 18.3. The van der Waals surface area contributed by atoms with Gasteiger partial charge in [0.1, 0.15) is 4.83 Å². The Bertz CT molecular complexity index is 1100. The number of benzene rings is 1. The van der Waals surface area contributed by atoms with Gasteiger partial charge in [-0.1, -0.05) is 36.9 Å². The maximum Gasteiger partial charge on any atom is 0.267 e. The van der Waals surface area contributed by atoms with E-state index >= 15 is 0 Å². The van der Waals surface area contributed by atoms with Crippen molar-refractivity contribution in [2.75, 3.05) is 5.75 Å². The number of aryl methyl sites for hydroxylation is 2. The molecule has 2 heterocycles. The topological polar surface area (TPSA) is 78.0 Å². The lowest BCUT2D eigenvalue weighted by atomic mass is 9.89. The summed E-state index contributed by atoms with van der Waals surface area (Å²) in [7, 11) is 0. The molecule has 7 heteroatoms. The molecule has 0 fully saturated rings. The molecule has 3 aromatic rings. The van der Waals surface area contributed by atoms with Gasteiger partial charge in [0.05, 0.1) is 16.8 Å². The van der Waals surface area contributed by atoms with Crippen LogP contribution in [0.4, 0.5) is 0 Å². The number of carbonyl (C=O) groups excluding carboxylic acids is 1. The van der Waals surface area contributed by atoms with Gasteiger partial charge in [0.15, 0.2) is 5.16 Å². The number of thioether (sulfide) groups is 1. The molecule has 0 saturated carbocycles. The van der Waals surface area contributed by atoms with E-state index in [4.69, 9.17) is 10.7 Å². The van der Waals surface area contributed by atoms with Crippen LogP contribution in [0.15, 0.2) is 34.2 Å². The lowest BCUT2D eigenvalue weighted by Gasteiger charge is -2.18. The van der Waals surface area contributed by atoms with Gasteiger partial charge in [-0.3, -0.25) is 14.2 Å². The third-order valence-electron chi connectivity index (χ3n) is 5.00. The van der Waals surface area contributed by atoms with Gasteiger partial charge in [-0.2, -0.15) is 0 Å². The Morgan fingerprint density at radius 3 is 2.93 bits per heavy atom. The molecule has 0 bridgehead atoms. The van der Waals surface area contributed by atoms with Crippen LogP contribution in [0.5, 0.6) is 0 Å². The van der Waals surface area contributed by atoms with Gasteiger partial charge in [-0.05, 0) is 49.3 Å². The van der Waals surface area contributed by atoms with E-state index in [1.807, 2.05) is 31.2 Å². The highest BCUT2D eigenvalue weighted by Gasteiger charge is 2.25. The number of nitrogens with two attached hydrogens (primary N) is 1. The van der Waals surface area contributed by atoms with E-state index in [0.29, 0.717) is 11.1 Å². The number of hydrogen-bond donors (Lipinski definition) is 1. The molecular weight excluding hydrogens is 378 g/mol. The Labute approximate surface area is 165 Å². The third-order valence-corrected chi connectivity index (χ3v) is 7.11. The van der Waals surface area contributed by atoms with E-state index < -0.39 is 5.91 Å². The molecule has 4 rings (SSSR count). The van der Waals surface area contributed by atoms with Crippen LogP contribution in [-0.2, 0) is 17.6 Å². The van der Waals surface area contributed by atoms with Crippen LogP contribution in [0.1, 0.15) is 29.3 Å². The first-order valence-corrected chi connectivity index (χ1v) is 10.8. The standard InChI is InChI=1S/C20H21N3O2S2/c1-11-7-8-13-15(9-11)27-18-17(13)19(25)23(14-6-4-3-5-12(14)2)20(22-18)26-10-16(21)24/h3-6,11H,7-10H2,1-2H3,(H2,21,24). The highest BCUT2D eigenvalue weighted by molar-refractivity contribution is 7.99. The third kappa shape index (κ3) is 3.30. The summed E-state index contributed by atoms with van der Waals surface area (Å²) in [6, 6.07) is 7.74. The van der Waals surface area contributed by atoms with Crippen LogP contribution in [-0.4, -0.2) is 21.2 Å². The summed E-state index contributed by atoms with van der Waals surface area (Å²) in [6.07, 6.45) is 3.03. The number of hydrogen-bond acceptors (Lipinski definition) is 5. The maximum atomic E-state index is 13.6. The smallest absolute Gasteiger partial charge is 0.267 e. The fraction of sp³-hybridized carbons (Fsp3) is 0.350. The Hall–Kier alpha value is -2.12. The van der Waals surface area contributed by atoms with Crippen molar-refractivity contribution in [3.63, 3.8) is 0 Å². The van der Waals surface area contributed by atoms with Crippen LogP contribution in [0.2, 0.25) is 0 Å². The van der Waals surface area contributed by atoms with Gasteiger partial charge in [0, 0.05) is 4.88 Å². The van der Waals surface area contributed by atoms with E-state index in [9.17, 15) is 9.59 Å². The zero-order valence-electron chi connectivity index (χ0n) is 15.3. The molecule has 1 atom stereocenters. The van der Waals surface area contributed by atoms with Gasteiger partial charge in [-0.15, -0.1) is 11.3 Å². The minimum absolute atomic E-state index is 0.0478. The minimum atomic E-state index is -0.426. The maximum absolute atomic E-state index is 13.6. The summed E-state index contributed by atoms with van der Waals surface area (Å²) < 4.78 is 1.65. The van der Waals surface area contributed by atoms with Gasteiger partial charge in [0.2, 0.25) is 5.91 Å². The molecule has 1 aliphatic rings. The molecule has 2 aromatic heterocycles. The molecule has 27 heavy (non-hydrogen) atoms. The second-order valence-corrected chi connectivity index (χ2v) is 9.13. The summed E-state index contributed by atoms with van der Waals surface area (Å²) in [4.78, 5) is 31.7. The summed E-state index contributed by atoms with van der Waals surface area (Å²) in [6.45, 7) is 4.22. The largest absolute Gasteiger partial charge is 0.369 e. The van der Waals surface area contributed by atoms with Gasteiger partial charge in [0.25, 0.3) is 5.56 Å². The first-order valence-electron chi connectivity index (χ1n) is 9.00. The first-order chi connectivity index (χ1) is 13.0. The second-order valence-electron chi connectivity index (χ2n) is 7.11. The molecule has 2 N–H and O–H groups in total. The van der Waals surface area contributed by atoms with Crippen LogP contribution >= 0.6 is 23.1 Å². The molecule has 0 spiro atoms. The van der Waals surface area contributed by atoms with Crippen molar-refractivity contribution >= 4 is 39.2 Å². The van der Waals surface area contributed by atoms with E-state index in [2.05, 4.69) is 6.92 Å². The quantitative estimate of drug-likeness (QED) is 0.538. The summed E-state index contributed by atoms with van der Waals surface area (Å²) in [5, 5.41) is 1.26. The van der Waals surface area contributed by atoms with Crippen molar-refractivity contribution < 1.29 is 4.79 Å². The van der Waals surface area contributed by atoms with Gasteiger partial charge in [-0.25, -0.2) is 4.98 Å². The minimum Gasteiger partial charge on any atom is -0.369 e. The number of nitrogens with zero attached hydrogens (tertiary/aromatic N) is 2. The van der Waals surface area contributed by atoms with Crippen molar-refractivity contribution in [2.45, 2.75) is 38.3 Å². The monoisotopic (exact) mass is 399 g/mol. The number of para-hydroxylation sites is 1. The van der Waals surface area contributed by atoms with Crippen LogP contribution in [0.25, 0.3) is 15.9 Å². The number of carbonyl (C=O) groups is 1. The highest BCUT2D eigenvalue weighted by atomic mass is 32.2. The van der Waals surface area contributed by atoms with Crippen LogP contribution in [0.3, 0.4) is 0 Å².